The van der Waals surface area contributed by atoms with E-state index in [9.17, 15) is 29.4 Å². The number of thioether (sulfide) groups is 1. The highest BCUT2D eigenvalue weighted by atomic mass is 32.2. The van der Waals surface area contributed by atoms with Gasteiger partial charge in [-0.25, -0.2) is 4.79 Å². The smallest absolute Gasteiger partial charge is 0.326 e. The number of benzene rings is 1. The Morgan fingerprint density at radius 2 is 1.62 bits per heavy atom. The van der Waals surface area contributed by atoms with Gasteiger partial charge in [0.2, 0.25) is 17.7 Å². The molecular formula is C25H37N5O6S. The van der Waals surface area contributed by atoms with Gasteiger partial charge in [0.15, 0.2) is 0 Å². The summed E-state index contributed by atoms with van der Waals surface area (Å²) in [6.45, 7) is 4.75. The maximum Gasteiger partial charge on any atom is 0.326 e. The number of aromatic amines is 1. The molecular weight excluding hydrogens is 498 g/mol. The zero-order valence-electron chi connectivity index (χ0n) is 21.5. The van der Waals surface area contributed by atoms with Crippen LogP contribution < -0.4 is 21.7 Å². The molecule has 0 radical (unpaired) electrons. The molecule has 0 aliphatic carbocycles. The summed E-state index contributed by atoms with van der Waals surface area (Å²) in [5, 5.41) is 28.3. The van der Waals surface area contributed by atoms with Crippen LogP contribution in [0.25, 0.3) is 10.9 Å². The predicted octanol–water partition coefficient (Wildman–Crippen LogP) is 0.367. The van der Waals surface area contributed by atoms with Crippen molar-refractivity contribution in [3.8, 4) is 0 Å². The summed E-state index contributed by atoms with van der Waals surface area (Å²) in [7, 11) is 0. The van der Waals surface area contributed by atoms with Gasteiger partial charge in [-0.3, -0.25) is 14.4 Å². The number of para-hydroxylation sites is 1. The Bertz CT molecular complexity index is 1090. The molecule has 0 saturated carbocycles. The lowest BCUT2D eigenvalue weighted by atomic mass is 10.0. The van der Waals surface area contributed by atoms with E-state index >= 15 is 0 Å². The van der Waals surface area contributed by atoms with E-state index in [4.69, 9.17) is 5.73 Å². The molecule has 37 heavy (non-hydrogen) atoms. The molecule has 0 aliphatic heterocycles. The van der Waals surface area contributed by atoms with Crippen molar-refractivity contribution in [2.24, 2.45) is 11.7 Å². The Morgan fingerprint density at radius 3 is 2.22 bits per heavy atom. The topological polar surface area (TPSA) is 187 Å². The number of aliphatic hydroxyl groups excluding tert-OH is 1. The lowest BCUT2D eigenvalue weighted by Crippen LogP contribution is -2.61. The molecule has 1 aromatic carbocycles. The molecule has 1 heterocycles. The summed E-state index contributed by atoms with van der Waals surface area (Å²) in [5.41, 5.74) is 7.43. The largest absolute Gasteiger partial charge is 0.480 e. The summed E-state index contributed by atoms with van der Waals surface area (Å²) in [4.78, 5) is 53.5. The molecule has 11 nitrogen and oxygen atoms in total. The molecule has 0 saturated heterocycles. The van der Waals surface area contributed by atoms with Gasteiger partial charge in [0, 0.05) is 23.5 Å². The van der Waals surface area contributed by atoms with Gasteiger partial charge in [-0.2, -0.15) is 11.8 Å². The lowest BCUT2D eigenvalue weighted by Gasteiger charge is -2.28. The lowest BCUT2D eigenvalue weighted by molar-refractivity contribution is -0.143. The number of carbonyl (C=O) groups excluding carboxylic acids is 3. The van der Waals surface area contributed by atoms with Crippen molar-refractivity contribution in [2.45, 2.75) is 63.9 Å². The van der Waals surface area contributed by atoms with Crippen molar-refractivity contribution in [1.82, 2.24) is 20.9 Å². The number of hydrogen-bond acceptors (Lipinski definition) is 7. The third kappa shape index (κ3) is 8.48. The minimum atomic E-state index is -1.44. The quantitative estimate of drug-likeness (QED) is 0.181. The van der Waals surface area contributed by atoms with Gasteiger partial charge in [-0.1, -0.05) is 32.0 Å². The van der Waals surface area contributed by atoms with Gasteiger partial charge in [0.1, 0.15) is 18.1 Å². The van der Waals surface area contributed by atoms with Gasteiger partial charge in [0.05, 0.1) is 12.1 Å². The number of H-pyrrole nitrogens is 1. The Kier molecular flexibility index (Phi) is 11.4. The van der Waals surface area contributed by atoms with E-state index in [2.05, 4.69) is 20.9 Å². The van der Waals surface area contributed by atoms with Crippen LogP contribution in [0.4, 0.5) is 0 Å². The first kappa shape index (κ1) is 30.1. The summed E-state index contributed by atoms with van der Waals surface area (Å²) in [5.74, 6) is -2.97. The standard InChI is InChI=1S/C25H37N5O6S/c1-13(2)20(29-22(32)17(26)9-10-37-4)23(33)30-21(14(3)31)24(34)28-19(25(35)36)11-15-12-27-18-8-6-5-7-16(15)18/h5-8,12-14,17,19-21,27,31H,9-11,26H2,1-4H3,(H,28,34)(H,29,32)(H,30,33)(H,35,36). The molecule has 0 aliphatic rings. The highest BCUT2D eigenvalue weighted by Crippen LogP contribution is 2.19. The number of rotatable bonds is 14. The zero-order chi connectivity index (χ0) is 27.7. The number of nitrogens with one attached hydrogen (secondary N) is 4. The second-order valence-corrected chi connectivity index (χ2v) is 10.3. The first-order valence-corrected chi connectivity index (χ1v) is 13.5. The maximum absolute atomic E-state index is 13.0. The third-order valence-electron chi connectivity index (χ3n) is 5.99. The number of fused-ring (bicyclic) bond motifs is 1. The molecule has 5 unspecified atom stereocenters. The second-order valence-electron chi connectivity index (χ2n) is 9.31. The number of aliphatic carboxylic acids is 1. The van der Waals surface area contributed by atoms with Gasteiger partial charge < -0.3 is 36.9 Å². The fraction of sp³-hybridized carbons (Fsp3) is 0.520. The predicted molar refractivity (Wildman–Crippen MR) is 143 cm³/mol. The van der Waals surface area contributed by atoms with Crippen LogP contribution in [0.3, 0.4) is 0 Å². The Morgan fingerprint density at radius 1 is 1.00 bits per heavy atom. The van der Waals surface area contributed by atoms with E-state index in [1.54, 1.807) is 31.8 Å². The Labute approximate surface area is 220 Å². The molecule has 5 atom stereocenters. The molecule has 2 aromatic rings. The molecule has 8 N–H and O–H groups in total. The van der Waals surface area contributed by atoms with Crippen LogP contribution in [0.15, 0.2) is 30.5 Å². The van der Waals surface area contributed by atoms with E-state index in [0.717, 1.165) is 10.9 Å². The molecule has 204 valence electrons. The number of amides is 3. The van der Waals surface area contributed by atoms with Crippen molar-refractivity contribution >= 4 is 46.4 Å². The number of aromatic nitrogens is 1. The number of carbonyl (C=O) groups is 4. The number of aliphatic hydroxyl groups is 1. The van der Waals surface area contributed by atoms with Gasteiger partial charge in [-0.15, -0.1) is 0 Å². The van der Waals surface area contributed by atoms with Crippen LogP contribution in [0.5, 0.6) is 0 Å². The normalized spacial score (nSPS) is 15.4. The zero-order valence-corrected chi connectivity index (χ0v) is 22.3. The highest BCUT2D eigenvalue weighted by Gasteiger charge is 2.34. The van der Waals surface area contributed by atoms with Gasteiger partial charge in [0.25, 0.3) is 0 Å². The minimum Gasteiger partial charge on any atom is -0.480 e. The molecule has 0 fully saturated rings. The van der Waals surface area contributed by atoms with Crippen LogP contribution in [0, 0.1) is 5.92 Å². The fourth-order valence-electron chi connectivity index (χ4n) is 3.80. The average Bonchev–Trinajstić information content (AvgIpc) is 3.25. The number of hydrogen-bond donors (Lipinski definition) is 7. The minimum absolute atomic E-state index is 0.00975. The monoisotopic (exact) mass is 535 g/mol. The number of nitrogens with two attached hydrogens (primary N) is 1. The second kappa shape index (κ2) is 14.0. The molecule has 3 amide bonds. The van der Waals surface area contributed by atoms with Gasteiger partial charge >= 0.3 is 5.97 Å². The first-order valence-electron chi connectivity index (χ1n) is 12.1. The van der Waals surface area contributed by atoms with Crippen LogP contribution in [0.2, 0.25) is 0 Å². The molecule has 1 aromatic heterocycles. The van der Waals surface area contributed by atoms with Crippen LogP contribution in [-0.2, 0) is 25.6 Å². The van der Waals surface area contributed by atoms with E-state index < -0.39 is 54.0 Å². The Hall–Kier alpha value is -3.09. The summed E-state index contributed by atoms with van der Waals surface area (Å²) >= 11 is 1.55. The van der Waals surface area contributed by atoms with Crippen molar-refractivity contribution in [2.75, 3.05) is 12.0 Å². The van der Waals surface area contributed by atoms with Crippen molar-refractivity contribution < 1.29 is 29.4 Å². The first-order chi connectivity index (χ1) is 17.5. The number of carboxylic acids is 1. The van der Waals surface area contributed by atoms with Crippen LogP contribution >= 0.6 is 11.8 Å². The maximum atomic E-state index is 13.0. The summed E-state index contributed by atoms with van der Waals surface area (Å²) in [6, 6.07) is 2.81. The van der Waals surface area contributed by atoms with Crippen molar-refractivity contribution in [3.05, 3.63) is 36.0 Å². The third-order valence-corrected chi connectivity index (χ3v) is 6.64. The molecule has 12 heteroatoms. The number of carboxylic acid groups (broad SMARTS) is 1. The Balaban J connectivity index is 2.12. The van der Waals surface area contributed by atoms with Crippen LogP contribution in [0.1, 0.15) is 32.8 Å². The summed E-state index contributed by atoms with van der Waals surface area (Å²) in [6.07, 6.45) is 2.67. The highest BCUT2D eigenvalue weighted by molar-refractivity contribution is 7.98. The average molecular weight is 536 g/mol. The fourth-order valence-corrected chi connectivity index (χ4v) is 4.29. The SMILES string of the molecule is CSCCC(N)C(=O)NC(C(=O)NC(C(=O)NC(Cc1c[nH]c2ccccc12)C(=O)O)C(C)O)C(C)C. The van der Waals surface area contributed by atoms with Gasteiger partial charge in [-0.05, 0) is 42.9 Å². The van der Waals surface area contributed by atoms with E-state index in [-0.39, 0.29) is 12.3 Å². The molecule has 0 spiro atoms. The van der Waals surface area contributed by atoms with Crippen molar-refractivity contribution in [1.29, 1.82) is 0 Å². The summed E-state index contributed by atoms with van der Waals surface area (Å²) < 4.78 is 0. The molecule has 2 rings (SSSR count). The van der Waals surface area contributed by atoms with E-state index in [0.29, 0.717) is 17.7 Å². The molecule has 0 bridgehead atoms. The van der Waals surface area contributed by atoms with Crippen molar-refractivity contribution in [3.63, 3.8) is 0 Å². The van der Waals surface area contributed by atoms with E-state index in [1.807, 2.05) is 30.5 Å². The van der Waals surface area contributed by atoms with E-state index in [1.165, 1.54) is 6.92 Å². The van der Waals surface area contributed by atoms with Crippen LogP contribution in [-0.4, -0.2) is 81.2 Å².